The Morgan fingerprint density at radius 2 is 1.90 bits per heavy atom. The molecule has 0 aliphatic heterocycles. The average molecular weight is 403 g/mol. The van der Waals surface area contributed by atoms with Crippen LogP contribution in [0.25, 0.3) is 11.1 Å². The molecule has 0 spiro atoms. The number of ether oxygens (including phenoxy) is 1. The van der Waals surface area contributed by atoms with Gasteiger partial charge in [0.1, 0.15) is 6.61 Å². The highest BCUT2D eigenvalue weighted by atomic mass is 16.5. The molecule has 1 N–H and O–H groups in total. The molecule has 2 aliphatic carbocycles. The molecule has 0 saturated heterocycles. The van der Waals surface area contributed by atoms with Gasteiger partial charge in [-0.1, -0.05) is 56.0 Å². The second-order valence-electron chi connectivity index (χ2n) is 8.74. The summed E-state index contributed by atoms with van der Waals surface area (Å²) in [5.74, 6) is 0.338. The predicted octanol–water partition coefficient (Wildman–Crippen LogP) is 5.64. The summed E-state index contributed by atoms with van der Waals surface area (Å²) in [6.07, 6.45) is 9.66. The van der Waals surface area contributed by atoms with E-state index in [9.17, 15) is 9.90 Å². The molecule has 0 amide bonds. The van der Waals surface area contributed by atoms with Crippen molar-refractivity contribution in [3.63, 3.8) is 0 Å². The van der Waals surface area contributed by atoms with Crippen LogP contribution in [0.2, 0.25) is 0 Å². The van der Waals surface area contributed by atoms with E-state index in [0.717, 1.165) is 34.6 Å². The number of aliphatic hydroxyl groups is 1. The minimum Gasteiger partial charge on any atom is -0.457 e. The van der Waals surface area contributed by atoms with Crippen molar-refractivity contribution in [1.29, 1.82) is 0 Å². The van der Waals surface area contributed by atoms with E-state index in [1.54, 1.807) is 6.92 Å². The molecule has 0 heterocycles. The molecule has 3 heteroatoms. The first kappa shape index (κ1) is 20.6. The smallest absolute Gasteiger partial charge is 0.333 e. The first-order valence-corrected chi connectivity index (χ1v) is 10.8. The fourth-order valence-corrected chi connectivity index (χ4v) is 5.00. The number of hydrogen-bond acceptors (Lipinski definition) is 3. The number of hydrogen-bond donors (Lipinski definition) is 1. The van der Waals surface area contributed by atoms with Gasteiger partial charge in [-0.3, -0.25) is 0 Å². The van der Waals surface area contributed by atoms with Crippen LogP contribution in [0.1, 0.15) is 55.4 Å². The van der Waals surface area contributed by atoms with Crippen LogP contribution in [0.3, 0.4) is 0 Å². The first-order valence-electron chi connectivity index (χ1n) is 10.8. The van der Waals surface area contributed by atoms with Gasteiger partial charge in [-0.2, -0.15) is 0 Å². The van der Waals surface area contributed by atoms with Crippen LogP contribution in [-0.4, -0.2) is 11.1 Å². The molecule has 2 bridgehead atoms. The summed E-state index contributed by atoms with van der Waals surface area (Å²) < 4.78 is 5.33. The highest BCUT2D eigenvalue weighted by Crippen LogP contribution is 2.52. The lowest BCUT2D eigenvalue weighted by molar-refractivity contribution is -0.140. The molecule has 2 aromatic rings. The van der Waals surface area contributed by atoms with Crippen molar-refractivity contribution in [2.45, 2.75) is 58.2 Å². The van der Waals surface area contributed by atoms with Crippen molar-refractivity contribution in [2.24, 2.45) is 5.92 Å². The number of esters is 1. The summed E-state index contributed by atoms with van der Waals surface area (Å²) in [6, 6.07) is 12.8. The van der Waals surface area contributed by atoms with Gasteiger partial charge in [0.2, 0.25) is 0 Å². The fourth-order valence-electron chi connectivity index (χ4n) is 5.00. The first-order chi connectivity index (χ1) is 14.5. The van der Waals surface area contributed by atoms with E-state index in [1.807, 2.05) is 18.2 Å². The highest BCUT2D eigenvalue weighted by molar-refractivity contribution is 5.86. The summed E-state index contributed by atoms with van der Waals surface area (Å²) in [5.41, 5.74) is 7.30. The fraction of sp³-hybridized carbons (Fsp3) is 0.370. The van der Waals surface area contributed by atoms with E-state index < -0.39 is 5.97 Å². The standard InChI is InChI=1S/C27H30O3/c1-4-20-13-22(7-8-25(20)27-11-9-19(15-27)10-12-27)21-5-6-23(16-28)24(14-21)17-30-26(29)18(2)3/h5-9,11,13-14,19,28H,2,4,10,12,15-17H2,1,3H3/t19?,27-/m1/s1. The van der Waals surface area contributed by atoms with Crippen molar-refractivity contribution in [2.75, 3.05) is 0 Å². The SMILES string of the molecule is C=C(C)C(=O)OCc1cc(-c2ccc([C@]34C=CC(CC3)C4)c(CC)c2)ccc1CO. The van der Waals surface area contributed by atoms with Gasteiger partial charge in [0.15, 0.2) is 0 Å². The zero-order valence-electron chi connectivity index (χ0n) is 17.9. The molecule has 2 aliphatic rings. The molecule has 1 fully saturated rings. The van der Waals surface area contributed by atoms with Crippen LogP contribution in [0.5, 0.6) is 0 Å². The van der Waals surface area contributed by atoms with Gasteiger partial charge in [0, 0.05) is 11.0 Å². The van der Waals surface area contributed by atoms with E-state index >= 15 is 0 Å². The number of rotatable bonds is 7. The summed E-state index contributed by atoms with van der Waals surface area (Å²) >= 11 is 0. The topological polar surface area (TPSA) is 46.5 Å². The minimum atomic E-state index is -0.416. The maximum absolute atomic E-state index is 11.8. The van der Waals surface area contributed by atoms with E-state index in [1.165, 1.54) is 30.4 Å². The summed E-state index contributed by atoms with van der Waals surface area (Å²) in [4.78, 5) is 11.8. The monoisotopic (exact) mass is 402 g/mol. The molecule has 0 aromatic heterocycles. The Labute approximate surface area is 179 Å². The van der Waals surface area contributed by atoms with Crippen LogP contribution in [0.15, 0.2) is 60.7 Å². The average Bonchev–Trinajstić information content (AvgIpc) is 3.39. The zero-order chi connectivity index (χ0) is 21.3. The summed E-state index contributed by atoms with van der Waals surface area (Å²) in [7, 11) is 0. The Hall–Kier alpha value is -2.65. The van der Waals surface area contributed by atoms with Crippen molar-refractivity contribution < 1.29 is 14.6 Å². The molecular weight excluding hydrogens is 372 g/mol. The third kappa shape index (κ3) is 3.75. The number of carbonyl (C=O) groups excluding carboxylic acids is 1. The summed E-state index contributed by atoms with van der Waals surface area (Å²) in [5, 5.41) is 9.69. The largest absolute Gasteiger partial charge is 0.457 e. The number of carbonyl (C=O) groups is 1. The molecule has 1 unspecified atom stereocenters. The molecule has 30 heavy (non-hydrogen) atoms. The number of aryl methyl sites for hydroxylation is 1. The Bertz CT molecular complexity index is 1020. The van der Waals surface area contributed by atoms with Crippen LogP contribution in [0, 0.1) is 5.92 Å². The second-order valence-corrected chi connectivity index (χ2v) is 8.74. The third-order valence-electron chi connectivity index (χ3n) is 6.71. The Morgan fingerprint density at radius 1 is 1.17 bits per heavy atom. The van der Waals surface area contributed by atoms with E-state index in [-0.39, 0.29) is 18.6 Å². The molecule has 3 nitrogen and oxygen atoms in total. The number of allylic oxidation sites excluding steroid dienone is 2. The van der Waals surface area contributed by atoms with Gasteiger partial charge in [-0.25, -0.2) is 4.79 Å². The summed E-state index contributed by atoms with van der Waals surface area (Å²) in [6.45, 7) is 7.52. The Morgan fingerprint density at radius 3 is 2.47 bits per heavy atom. The third-order valence-corrected chi connectivity index (χ3v) is 6.71. The Kier molecular flexibility index (Phi) is 5.66. The van der Waals surface area contributed by atoms with Crippen molar-refractivity contribution >= 4 is 5.97 Å². The second kappa shape index (κ2) is 8.23. The van der Waals surface area contributed by atoms with Gasteiger partial charge in [0.25, 0.3) is 0 Å². The van der Waals surface area contributed by atoms with Crippen LogP contribution in [0.4, 0.5) is 0 Å². The number of aliphatic hydroxyl groups excluding tert-OH is 1. The Balaban J connectivity index is 1.65. The molecular formula is C27H30O3. The zero-order valence-corrected chi connectivity index (χ0v) is 17.9. The number of benzene rings is 2. The van der Waals surface area contributed by atoms with E-state index in [4.69, 9.17) is 4.74 Å². The van der Waals surface area contributed by atoms with Crippen molar-refractivity contribution in [1.82, 2.24) is 0 Å². The minimum absolute atomic E-state index is 0.0879. The molecule has 4 rings (SSSR count). The van der Waals surface area contributed by atoms with Crippen molar-refractivity contribution in [3.05, 3.63) is 83.0 Å². The van der Waals surface area contributed by atoms with Crippen LogP contribution >= 0.6 is 0 Å². The maximum atomic E-state index is 11.8. The quantitative estimate of drug-likeness (QED) is 0.371. The molecule has 2 aromatic carbocycles. The lowest BCUT2D eigenvalue weighted by atomic mass is 9.76. The predicted molar refractivity (Wildman–Crippen MR) is 120 cm³/mol. The molecule has 0 radical (unpaired) electrons. The molecule has 1 saturated carbocycles. The van der Waals surface area contributed by atoms with Crippen LogP contribution < -0.4 is 0 Å². The van der Waals surface area contributed by atoms with Gasteiger partial charge in [-0.05, 0) is 78.0 Å². The lowest BCUT2D eigenvalue weighted by Crippen LogP contribution is -2.19. The van der Waals surface area contributed by atoms with Gasteiger partial charge in [0.05, 0.1) is 6.61 Å². The van der Waals surface area contributed by atoms with Gasteiger partial charge < -0.3 is 9.84 Å². The normalized spacial score (nSPS) is 21.8. The maximum Gasteiger partial charge on any atom is 0.333 e. The highest BCUT2D eigenvalue weighted by Gasteiger charge is 2.42. The number of fused-ring (bicyclic) bond motifs is 2. The van der Waals surface area contributed by atoms with E-state index in [0.29, 0.717) is 5.57 Å². The van der Waals surface area contributed by atoms with E-state index in [2.05, 4.69) is 43.9 Å². The van der Waals surface area contributed by atoms with Gasteiger partial charge in [-0.15, -0.1) is 0 Å². The molecule has 156 valence electrons. The van der Waals surface area contributed by atoms with Gasteiger partial charge >= 0.3 is 5.97 Å². The lowest BCUT2D eigenvalue weighted by Gasteiger charge is -2.27. The van der Waals surface area contributed by atoms with Crippen LogP contribution in [-0.2, 0) is 34.6 Å². The van der Waals surface area contributed by atoms with Crippen molar-refractivity contribution in [3.8, 4) is 11.1 Å². The molecule has 2 atom stereocenters.